The van der Waals surface area contributed by atoms with Crippen molar-refractivity contribution in [3.63, 3.8) is 0 Å². The first kappa shape index (κ1) is 18.2. The molecule has 0 saturated carbocycles. The normalized spacial score (nSPS) is 10.0. The zero-order valence-electron chi connectivity index (χ0n) is 10.9. The average molecular weight is 311 g/mol. The lowest BCUT2D eigenvalue weighted by Crippen LogP contribution is -2.33. The summed E-state index contributed by atoms with van der Waals surface area (Å²) in [6, 6.07) is 0. The highest BCUT2D eigenvalue weighted by atomic mass is 35.5. The van der Waals surface area contributed by atoms with Gasteiger partial charge >= 0.3 is 0 Å². The molecule has 1 aromatic rings. The third-order valence-corrected chi connectivity index (χ3v) is 2.47. The van der Waals surface area contributed by atoms with Crippen molar-refractivity contribution in [2.24, 2.45) is 0 Å². The van der Waals surface area contributed by atoms with E-state index in [1.165, 1.54) is 0 Å². The molecule has 0 atom stereocenters. The van der Waals surface area contributed by atoms with Crippen LogP contribution in [-0.2, 0) is 16.1 Å². The second-order valence-electron chi connectivity index (χ2n) is 3.76. The molecule has 1 aromatic heterocycles. The molecule has 0 aromatic carbocycles. The molecule has 0 unspecified atom stereocenters. The molecule has 1 rings (SSSR count). The van der Waals surface area contributed by atoms with Crippen molar-refractivity contribution in [2.75, 3.05) is 33.4 Å². The van der Waals surface area contributed by atoms with Crippen LogP contribution in [0.2, 0.25) is 5.02 Å². The molecule has 0 aliphatic carbocycles. The number of rotatable bonds is 9. The number of methoxy groups -OCH3 is 1. The predicted octanol–water partition coefficient (Wildman–Crippen LogP) is 0.701. The molecule has 110 valence electrons. The van der Waals surface area contributed by atoms with E-state index < -0.39 is 0 Å². The average Bonchev–Trinajstić information content (AvgIpc) is 2.77. The van der Waals surface area contributed by atoms with Crippen LogP contribution in [0.4, 0.5) is 0 Å². The molecule has 6 nitrogen and oxygen atoms in total. The van der Waals surface area contributed by atoms with Crippen LogP contribution >= 0.6 is 24.0 Å². The first-order valence-electron chi connectivity index (χ1n) is 5.86. The number of nitrogens with zero attached hydrogens (tertiary/aromatic N) is 2. The monoisotopic (exact) mass is 310 g/mol. The minimum absolute atomic E-state index is 0. The zero-order valence-corrected chi connectivity index (χ0v) is 12.5. The summed E-state index contributed by atoms with van der Waals surface area (Å²) < 4.78 is 6.54. The maximum atomic E-state index is 11.5. The van der Waals surface area contributed by atoms with Crippen molar-refractivity contribution < 1.29 is 9.53 Å². The summed E-state index contributed by atoms with van der Waals surface area (Å²) in [5, 5.41) is 10.5. The van der Waals surface area contributed by atoms with E-state index >= 15 is 0 Å². The van der Waals surface area contributed by atoms with Crippen molar-refractivity contribution in [1.29, 1.82) is 0 Å². The number of carbonyl (C=O) groups is 1. The second-order valence-corrected chi connectivity index (χ2v) is 4.20. The number of hydrogen-bond donors (Lipinski definition) is 2. The van der Waals surface area contributed by atoms with E-state index in [0.29, 0.717) is 31.1 Å². The fourth-order valence-electron chi connectivity index (χ4n) is 1.35. The Bertz CT molecular complexity index is 360. The Balaban J connectivity index is 0.00000324. The predicted molar refractivity (Wildman–Crippen MR) is 76.9 cm³/mol. The summed E-state index contributed by atoms with van der Waals surface area (Å²) in [6.45, 7) is 3.35. The van der Waals surface area contributed by atoms with E-state index in [0.717, 1.165) is 13.1 Å². The van der Waals surface area contributed by atoms with Crippen molar-refractivity contribution >= 4 is 29.9 Å². The summed E-state index contributed by atoms with van der Waals surface area (Å²) in [7, 11) is 1.66. The number of aryl methyl sites for hydroxylation is 1. The van der Waals surface area contributed by atoms with E-state index in [2.05, 4.69) is 15.7 Å². The van der Waals surface area contributed by atoms with E-state index in [1.807, 2.05) is 0 Å². The Morgan fingerprint density at radius 1 is 1.47 bits per heavy atom. The Hall–Kier alpha value is -0.820. The summed E-state index contributed by atoms with van der Waals surface area (Å²) in [5.41, 5.74) is 0. The Morgan fingerprint density at radius 2 is 2.26 bits per heavy atom. The smallest absolute Gasteiger partial charge is 0.221 e. The van der Waals surface area contributed by atoms with E-state index in [-0.39, 0.29) is 18.3 Å². The van der Waals surface area contributed by atoms with Crippen LogP contribution in [0.5, 0.6) is 0 Å². The molecule has 0 aliphatic rings. The Kier molecular flexibility index (Phi) is 10.6. The molecule has 19 heavy (non-hydrogen) atoms. The number of amides is 1. The molecule has 2 N–H and O–H groups in total. The second kappa shape index (κ2) is 11.0. The van der Waals surface area contributed by atoms with Gasteiger partial charge < -0.3 is 15.4 Å². The zero-order chi connectivity index (χ0) is 13.2. The fraction of sp³-hybridized carbons (Fsp3) is 0.636. The maximum Gasteiger partial charge on any atom is 0.221 e. The van der Waals surface area contributed by atoms with Gasteiger partial charge in [0.2, 0.25) is 5.91 Å². The quantitative estimate of drug-likeness (QED) is 0.659. The number of halogens is 2. The van der Waals surface area contributed by atoms with E-state index in [4.69, 9.17) is 16.3 Å². The van der Waals surface area contributed by atoms with Gasteiger partial charge in [-0.3, -0.25) is 9.48 Å². The molecule has 0 fully saturated rings. The molecule has 0 saturated heterocycles. The number of ether oxygens (including phenoxy) is 1. The lowest BCUT2D eigenvalue weighted by atomic mass is 10.4. The Morgan fingerprint density at radius 3 is 2.89 bits per heavy atom. The molecule has 8 heteroatoms. The van der Waals surface area contributed by atoms with Gasteiger partial charge in [0.1, 0.15) is 0 Å². The van der Waals surface area contributed by atoms with Gasteiger partial charge in [-0.05, 0) is 0 Å². The lowest BCUT2D eigenvalue weighted by Gasteiger charge is -2.06. The first-order valence-corrected chi connectivity index (χ1v) is 6.24. The summed E-state index contributed by atoms with van der Waals surface area (Å²) in [4.78, 5) is 11.5. The summed E-state index contributed by atoms with van der Waals surface area (Å²) in [5.74, 6) is 0.00941. The van der Waals surface area contributed by atoms with Gasteiger partial charge in [0.15, 0.2) is 0 Å². The molecule has 1 amide bonds. The first-order chi connectivity index (χ1) is 8.72. The third kappa shape index (κ3) is 8.83. The molecular formula is C11H20Cl2N4O2. The molecule has 0 radical (unpaired) electrons. The van der Waals surface area contributed by atoms with E-state index in [1.54, 1.807) is 24.2 Å². The highest BCUT2D eigenvalue weighted by Gasteiger charge is 2.02. The van der Waals surface area contributed by atoms with Crippen molar-refractivity contribution in [3.05, 3.63) is 17.4 Å². The number of nitrogens with one attached hydrogen (secondary N) is 2. The van der Waals surface area contributed by atoms with Crippen LogP contribution in [0.1, 0.15) is 6.42 Å². The topological polar surface area (TPSA) is 68.2 Å². The van der Waals surface area contributed by atoms with Crippen molar-refractivity contribution in [1.82, 2.24) is 20.4 Å². The van der Waals surface area contributed by atoms with Crippen LogP contribution in [0.3, 0.4) is 0 Å². The minimum Gasteiger partial charge on any atom is -0.383 e. The van der Waals surface area contributed by atoms with Crippen molar-refractivity contribution in [3.8, 4) is 0 Å². The van der Waals surface area contributed by atoms with Gasteiger partial charge in [-0.25, -0.2) is 0 Å². The summed E-state index contributed by atoms with van der Waals surface area (Å²) in [6.07, 6.45) is 3.65. The van der Waals surface area contributed by atoms with Crippen molar-refractivity contribution in [2.45, 2.75) is 13.0 Å². The molecule has 0 spiro atoms. The number of hydrogen-bond acceptors (Lipinski definition) is 4. The molecular weight excluding hydrogens is 291 g/mol. The third-order valence-electron chi connectivity index (χ3n) is 2.28. The molecule has 1 heterocycles. The number of carbonyl (C=O) groups excluding carboxylic acids is 1. The lowest BCUT2D eigenvalue weighted by molar-refractivity contribution is -0.121. The summed E-state index contributed by atoms with van der Waals surface area (Å²) >= 11 is 5.72. The standard InChI is InChI=1S/C11H19ClN4O2.ClH/c1-18-7-5-13-3-4-14-11(17)2-6-16-9-10(12)8-15-16;/h8-9,13H,2-7H2,1H3,(H,14,17);1H. The van der Waals surface area contributed by atoms with Crippen LogP contribution < -0.4 is 10.6 Å². The molecule has 0 bridgehead atoms. The highest BCUT2D eigenvalue weighted by molar-refractivity contribution is 6.30. The van der Waals surface area contributed by atoms with Gasteiger partial charge in [0.25, 0.3) is 0 Å². The van der Waals surface area contributed by atoms with Gasteiger partial charge in [0.05, 0.1) is 17.8 Å². The van der Waals surface area contributed by atoms with Gasteiger partial charge in [-0.2, -0.15) is 5.10 Å². The minimum atomic E-state index is 0. The Labute approximate surface area is 124 Å². The van der Waals surface area contributed by atoms with Gasteiger partial charge in [-0.15, -0.1) is 12.4 Å². The maximum absolute atomic E-state index is 11.5. The SMILES string of the molecule is COCCNCCNC(=O)CCn1cc(Cl)cn1.Cl. The largest absolute Gasteiger partial charge is 0.383 e. The van der Waals surface area contributed by atoms with Crippen LogP contribution in [0.15, 0.2) is 12.4 Å². The van der Waals surface area contributed by atoms with E-state index in [9.17, 15) is 4.79 Å². The number of aromatic nitrogens is 2. The van der Waals surface area contributed by atoms with Gasteiger partial charge in [-0.1, -0.05) is 11.6 Å². The fourth-order valence-corrected chi connectivity index (χ4v) is 1.51. The van der Waals surface area contributed by atoms with Crippen LogP contribution in [0, 0.1) is 0 Å². The van der Waals surface area contributed by atoms with Gasteiger partial charge in [0, 0.05) is 45.9 Å². The molecule has 0 aliphatic heterocycles. The van der Waals surface area contributed by atoms with Crippen LogP contribution in [0.25, 0.3) is 0 Å². The highest BCUT2D eigenvalue weighted by Crippen LogP contribution is 2.04. The van der Waals surface area contributed by atoms with Crippen LogP contribution in [-0.4, -0.2) is 49.0 Å².